The second-order valence-corrected chi connectivity index (χ2v) is 5.75. The van der Waals surface area contributed by atoms with Crippen LogP contribution in [0.5, 0.6) is 11.6 Å². The van der Waals surface area contributed by atoms with Crippen LogP contribution in [0.1, 0.15) is 13.2 Å². The van der Waals surface area contributed by atoms with Gasteiger partial charge in [-0.2, -0.15) is 0 Å². The van der Waals surface area contributed by atoms with Crippen molar-refractivity contribution in [3.8, 4) is 22.9 Å². The minimum Gasteiger partial charge on any atom is -0.494 e. The highest BCUT2D eigenvalue weighted by atomic mass is 16.6. The van der Waals surface area contributed by atoms with Crippen molar-refractivity contribution in [2.24, 2.45) is 0 Å². The number of hydrogen-bond donors (Lipinski definition) is 0. The van der Waals surface area contributed by atoms with E-state index in [9.17, 15) is 0 Å². The van der Waals surface area contributed by atoms with Crippen LogP contribution in [0.4, 0.5) is 0 Å². The summed E-state index contributed by atoms with van der Waals surface area (Å²) in [7, 11) is 1.72. The third-order valence-corrected chi connectivity index (χ3v) is 4.35. The zero-order chi connectivity index (χ0) is 16.5. The number of benzene rings is 2. The van der Waals surface area contributed by atoms with Crippen LogP contribution in [0.2, 0.25) is 0 Å². The van der Waals surface area contributed by atoms with E-state index in [4.69, 9.17) is 14.2 Å². The van der Waals surface area contributed by atoms with Crippen LogP contribution in [0.3, 0.4) is 0 Å². The molecule has 24 heavy (non-hydrogen) atoms. The van der Waals surface area contributed by atoms with Crippen molar-refractivity contribution in [3.63, 3.8) is 0 Å². The van der Waals surface area contributed by atoms with E-state index in [-0.39, 0.29) is 6.23 Å². The Labute approximate surface area is 141 Å². The maximum Gasteiger partial charge on any atom is 0.379 e. The van der Waals surface area contributed by atoms with E-state index in [0.717, 1.165) is 33.7 Å². The molecule has 0 spiro atoms. The van der Waals surface area contributed by atoms with E-state index in [2.05, 4.69) is 34.9 Å². The van der Waals surface area contributed by atoms with Gasteiger partial charge in [0.15, 0.2) is 6.61 Å². The number of methoxy groups -OCH3 is 1. The summed E-state index contributed by atoms with van der Waals surface area (Å²) >= 11 is 0. The summed E-state index contributed by atoms with van der Waals surface area (Å²) < 4.78 is 19.3. The van der Waals surface area contributed by atoms with Gasteiger partial charge in [-0.25, -0.2) is 0 Å². The van der Waals surface area contributed by atoms with Crippen molar-refractivity contribution in [3.05, 3.63) is 54.6 Å². The van der Waals surface area contributed by atoms with Gasteiger partial charge in [0.25, 0.3) is 0 Å². The number of pyridine rings is 1. The summed E-state index contributed by atoms with van der Waals surface area (Å²) in [4.78, 5) is 0. The van der Waals surface area contributed by atoms with E-state index in [1.807, 2.05) is 31.2 Å². The second kappa shape index (κ2) is 6.13. The fourth-order valence-corrected chi connectivity index (χ4v) is 3.22. The third-order valence-electron chi connectivity index (χ3n) is 4.35. The van der Waals surface area contributed by atoms with Gasteiger partial charge in [0.2, 0.25) is 5.69 Å². The first-order valence-electron chi connectivity index (χ1n) is 8.18. The molecule has 0 saturated heterocycles. The van der Waals surface area contributed by atoms with Crippen molar-refractivity contribution in [2.75, 3.05) is 20.3 Å². The maximum absolute atomic E-state index is 5.95. The molecule has 0 aliphatic carbocycles. The van der Waals surface area contributed by atoms with Crippen LogP contribution in [-0.4, -0.2) is 20.3 Å². The Balaban J connectivity index is 1.91. The normalized spacial score (nSPS) is 16.0. The summed E-state index contributed by atoms with van der Waals surface area (Å²) in [5.74, 6) is 1.74. The number of ether oxygens (including phenoxy) is 3. The highest BCUT2D eigenvalue weighted by molar-refractivity contribution is 5.88. The zero-order valence-electron chi connectivity index (χ0n) is 13.9. The van der Waals surface area contributed by atoms with Crippen molar-refractivity contribution in [1.29, 1.82) is 0 Å². The number of aromatic nitrogens is 1. The highest BCUT2D eigenvalue weighted by Gasteiger charge is 2.37. The average molecular weight is 322 g/mol. The molecule has 0 saturated carbocycles. The van der Waals surface area contributed by atoms with Crippen LogP contribution in [0.25, 0.3) is 22.0 Å². The fraction of sp³-hybridized carbons (Fsp3) is 0.250. The van der Waals surface area contributed by atoms with Gasteiger partial charge in [0.1, 0.15) is 5.75 Å². The smallest absolute Gasteiger partial charge is 0.379 e. The molecule has 0 radical (unpaired) electrons. The Kier molecular flexibility index (Phi) is 3.82. The standard InChI is InChI=1S/C20H20NO3/c1-3-23-16-10-8-14(9-11-16)18-12-15-6-4-5-7-17(15)20-21(18)19(22-2)13-24-20/h4-12,19H,3,13H2,1-2H3/q+1. The molecule has 0 amide bonds. The minimum atomic E-state index is -0.119. The molecule has 1 aliphatic rings. The molecule has 1 aromatic heterocycles. The summed E-state index contributed by atoms with van der Waals surface area (Å²) in [6, 6.07) is 18.6. The lowest BCUT2D eigenvalue weighted by Crippen LogP contribution is -2.39. The molecule has 2 heterocycles. The molecule has 3 aromatic rings. The lowest BCUT2D eigenvalue weighted by Gasteiger charge is -2.09. The molecule has 122 valence electrons. The first-order chi connectivity index (χ1) is 11.8. The van der Waals surface area contributed by atoms with Gasteiger partial charge in [-0.05, 0) is 42.6 Å². The third kappa shape index (κ3) is 2.39. The number of hydrogen-bond acceptors (Lipinski definition) is 3. The zero-order valence-corrected chi connectivity index (χ0v) is 13.9. The quantitative estimate of drug-likeness (QED) is 0.686. The van der Waals surface area contributed by atoms with Gasteiger partial charge in [-0.1, -0.05) is 18.2 Å². The van der Waals surface area contributed by atoms with Gasteiger partial charge < -0.3 is 14.2 Å². The van der Waals surface area contributed by atoms with Crippen LogP contribution < -0.4 is 14.0 Å². The van der Waals surface area contributed by atoms with Crippen molar-refractivity contribution < 1.29 is 18.8 Å². The largest absolute Gasteiger partial charge is 0.494 e. The van der Waals surface area contributed by atoms with E-state index in [0.29, 0.717) is 13.2 Å². The minimum absolute atomic E-state index is 0.119. The fourth-order valence-electron chi connectivity index (χ4n) is 3.22. The monoisotopic (exact) mass is 322 g/mol. The number of fused-ring (bicyclic) bond motifs is 3. The molecule has 1 atom stereocenters. The maximum atomic E-state index is 5.95. The van der Waals surface area contributed by atoms with Gasteiger partial charge in [-0.15, -0.1) is 4.57 Å². The van der Waals surface area contributed by atoms with Crippen molar-refractivity contribution in [2.45, 2.75) is 13.2 Å². The molecule has 4 rings (SSSR count). The number of rotatable bonds is 4. The van der Waals surface area contributed by atoms with E-state index >= 15 is 0 Å². The van der Waals surface area contributed by atoms with Crippen LogP contribution in [0.15, 0.2) is 54.6 Å². The number of nitrogens with zero attached hydrogens (tertiary/aromatic N) is 1. The Bertz CT molecular complexity index is 874. The molecule has 0 N–H and O–H groups in total. The van der Waals surface area contributed by atoms with Crippen LogP contribution in [-0.2, 0) is 4.74 Å². The molecule has 1 unspecified atom stereocenters. The van der Waals surface area contributed by atoms with E-state index in [1.165, 1.54) is 0 Å². The lowest BCUT2D eigenvalue weighted by atomic mass is 10.1. The Morgan fingerprint density at radius 3 is 2.67 bits per heavy atom. The Morgan fingerprint density at radius 1 is 1.12 bits per heavy atom. The van der Waals surface area contributed by atoms with Gasteiger partial charge in [0, 0.05) is 18.7 Å². The summed E-state index contributed by atoms with van der Waals surface area (Å²) in [5.41, 5.74) is 2.19. The molecule has 4 nitrogen and oxygen atoms in total. The van der Waals surface area contributed by atoms with Gasteiger partial charge in [-0.3, -0.25) is 0 Å². The van der Waals surface area contributed by atoms with Crippen molar-refractivity contribution >= 4 is 10.8 Å². The lowest BCUT2D eigenvalue weighted by molar-refractivity contribution is -0.731. The van der Waals surface area contributed by atoms with Gasteiger partial charge >= 0.3 is 12.1 Å². The molecule has 0 fully saturated rings. The molecule has 2 aromatic carbocycles. The highest BCUT2D eigenvalue weighted by Crippen LogP contribution is 2.33. The summed E-state index contributed by atoms with van der Waals surface area (Å²) in [6.45, 7) is 3.17. The Hall–Kier alpha value is -2.59. The van der Waals surface area contributed by atoms with Crippen LogP contribution >= 0.6 is 0 Å². The SMILES string of the molecule is CCOc1ccc(-c2cc3ccccc3c3[n+]2C(OC)CO3)cc1. The first kappa shape index (κ1) is 15.0. The Morgan fingerprint density at radius 2 is 1.92 bits per heavy atom. The topological polar surface area (TPSA) is 31.6 Å². The predicted molar refractivity (Wildman–Crippen MR) is 92.3 cm³/mol. The second-order valence-electron chi connectivity index (χ2n) is 5.75. The predicted octanol–water partition coefficient (Wildman–Crippen LogP) is 3.73. The first-order valence-corrected chi connectivity index (χ1v) is 8.18. The van der Waals surface area contributed by atoms with Gasteiger partial charge in [0.05, 0.1) is 12.0 Å². The molecule has 1 aliphatic heterocycles. The molecular formula is C20H20NO3+. The average Bonchev–Trinajstić information content (AvgIpc) is 3.06. The van der Waals surface area contributed by atoms with E-state index < -0.39 is 0 Å². The molecule has 4 heteroatoms. The van der Waals surface area contributed by atoms with Crippen LogP contribution in [0, 0.1) is 0 Å². The van der Waals surface area contributed by atoms with E-state index in [1.54, 1.807) is 7.11 Å². The van der Waals surface area contributed by atoms with Crippen molar-refractivity contribution in [1.82, 2.24) is 0 Å². The summed E-state index contributed by atoms with van der Waals surface area (Å²) in [5, 5.41) is 2.26. The molecular weight excluding hydrogens is 302 g/mol. The molecule has 0 bridgehead atoms. The summed E-state index contributed by atoms with van der Waals surface area (Å²) in [6.07, 6.45) is -0.119.